The quantitative estimate of drug-likeness (QED) is 0.801. The van der Waals surface area contributed by atoms with Crippen LogP contribution in [0.5, 0.6) is 0 Å². The molecule has 8 heteroatoms. The fourth-order valence-electron chi connectivity index (χ4n) is 3.54. The predicted octanol–water partition coefficient (Wildman–Crippen LogP) is 1.15. The van der Waals surface area contributed by atoms with Crippen molar-refractivity contribution in [3.05, 3.63) is 50.7 Å². The van der Waals surface area contributed by atoms with Crippen molar-refractivity contribution in [2.75, 3.05) is 20.1 Å². The Morgan fingerprint density at radius 2 is 2.21 bits per heavy atom. The molecule has 29 heavy (non-hydrogen) atoms. The second-order valence-electron chi connectivity index (χ2n) is 7.20. The van der Waals surface area contributed by atoms with Gasteiger partial charge in [0.25, 0.3) is 11.8 Å². The van der Waals surface area contributed by atoms with Crippen molar-refractivity contribution in [3.8, 4) is 0 Å². The Labute approximate surface area is 172 Å². The fraction of sp³-hybridized carbons (Fsp3) is 0.381. The zero-order valence-electron chi connectivity index (χ0n) is 16.5. The highest BCUT2D eigenvalue weighted by Gasteiger charge is 2.19. The molecular formula is C21H23N5O2S. The van der Waals surface area contributed by atoms with Crippen molar-refractivity contribution in [3.63, 3.8) is 0 Å². The summed E-state index contributed by atoms with van der Waals surface area (Å²) in [7, 11) is 1.61. The number of aromatic nitrogens is 2. The van der Waals surface area contributed by atoms with Crippen LogP contribution in [-0.2, 0) is 11.3 Å². The molecule has 0 aromatic carbocycles. The Balaban J connectivity index is 1.44. The second-order valence-corrected chi connectivity index (χ2v) is 8.23. The number of hydrogen-bond acceptors (Lipinski definition) is 6. The SMILES string of the molecule is CCC1C=c2ncc(CN3CC=C(c4cnc(C(=O)NC)s4)CC3)cc2=NC1=O. The minimum atomic E-state index is -0.151. The molecule has 0 saturated heterocycles. The Kier molecular flexibility index (Phi) is 5.64. The number of nitrogens with one attached hydrogen (secondary N) is 1. The molecule has 1 N–H and O–H groups in total. The molecule has 4 rings (SSSR count). The van der Waals surface area contributed by atoms with Crippen LogP contribution in [0.1, 0.15) is 40.0 Å². The topological polar surface area (TPSA) is 87.6 Å². The van der Waals surface area contributed by atoms with Gasteiger partial charge < -0.3 is 5.32 Å². The van der Waals surface area contributed by atoms with Gasteiger partial charge in [0.2, 0.25) is 0 Å². The Bertz CT molecular complexity index is 1100. The van der Waals surface area contributed by atoms with Crippen molar-refractivity contribution >= 4 is 34.8 Å². The maximum Gasteiger partial charge on any atom is 0.280 e. The standard InChI is InChI=1S/C21H23N5O2S/c1-3-14-9-16-17(25-19(14)27)8-13(10-23-16)12-26-6-4-15(5-7-26)18-11-24-21(29-18)20(28)22-2/h4,8-11,14H,3,5-7,12H2,1-2H3,(H,22,28). The molecule has 1 unspecified atom stereocenters. The van der Waals surface area contributed by atoms with Crippen LogP contribution in [0.3, 0.4) is 0 Å². The van der Waals surface area contributed by atoms with E-state index in [1.54, 1.807) is 13.2 Å². The number of fused-ring (bicyclic) bond motifs is 1. The van der Waals surface area contributed by atoms with Gasteiger partial charge in [0, 0.05) is 39.1 Å². The van der Waals surface area contributed by atoms with Crippen molar-refractivity contribution in [1.29, 1.82) is 0 Å². The summed E-state index contributed by atoms with van der Waals surface area (Å²) in [4.78, 5) is 40.1. The molecule has 4 heterocycles. The van der Waals surface area contributed by atoms with E-state index in [4.69, 9.17) is 0 Å². The second kappa shape index (κ2) is 8.34. The number of carbonyl (C=O) groups excluding carboxylic acids is 2. The van der Waals surface area contributed by atoms with Crippen LogP contribution in [0, 0.1) is 5.92 Å². The Morgan fingerprint density at radius 1 is 1.34 bits per heavy atom. The summed E-state index contributed by atoms with van der Waals surface area (Å²) in [6.45, 7) is 4.48. The average Bonchev–Trinajstić information content (AvgIpc) is 3.23. The number of hydrogen-bond donors (Lipinski definition) is 1. The van der Waals surface area contributed by atoms with Crippen LogP contribution in [0.2, 0.25) is 0 Å². The van der Waals surface area contributed by atoms with Crippen LogP contribution in [-0.4, -0.2) is 46.8 Å². The number of amides is 2. The molecule has 0 aliphatic carbocycles. The summed E-state index contributed by atoms with van der Waals surface area (Å²) >= 11 is 1.43. The highest BCUT2D eigenvalue weighted by atomic mass is 32.1. The molecule has 1 atom stereocenters. The van der Waals surface area contributed by atoms with E-state index in [0.29, 0.717) is 10.4 Å². The number of pyridine rings is 1. The minimum absolute atomic E-state index is 0.0785. The largest absolute Gasteiger partial charge is 0.353 e. The van der Waals surface area contributed by atoms with Crippen LogP contribution in [0.4, 0.5) is 0 Å². The first-order valence-electron chi connectivity index (χ1n) is 9.76. The number of thiazole rings is 1. The van der Waals surface area contributed by atoms with Crippen LogP contribution in [0.15, 0.2) is 29.5 Å². The predicted molar refractivity (Wildman–Crippen MR) is 112 cm³/mol. The lowest BCUT2D eigenvalue weighted by Crippen LogP contribution is -2.37. The van der Waals surface area contributed by atoms with Crippen LogP contribution in [0.25, 0.3) is 11.6 Å². The van der Waals surface area contributed by atoms with E-state index < -0.39 is 0 Å². The third-order valence-corrected chi connectivity index (χ3v) is 6.32. The molecule has 7 nitrogen and oxygen atoms in total. The lowest BCUT2D eigenvalue weighted by atomic mass is 10.0. The van der Waals surface area contributed by atoms with Crippen molar-refractivity contribution in [2.24, 2.45) is 10.9 Å². The molecule has 0 saturated carbocycles. The monoisotopic (exact) mass is 409 g/mol. The molecular weight excluding hydrogens is 386 g/mol. The van der Waals surface area contributed by atoms with Gasteiger partial charge in [-0.25, -0.2) is 9.98 Å². The molecule has 0 fully saturated rings. The number of nitrogens with zero attached hydrogens (tertiary/aromatic N) is 4. The van der Waals surface area contributed by atoms with Crippen molar-refractivity contribution in [1.82, 2.24) is 20.2 Å². The Hall–Kier alpha value is -2.71. The van der Waals surface area contributed by atoms with Gasteiger partial charge in [-0.3, -0.25) is 19.5 Å². The molecule has 2 amide bonds. The summed E-state index contributed by atoms with van der Waals surface area (Å²) in [6, 6.07) is 1.97. The van der Waals surface area contributed by atoms with Gasteiger partial charge in [-0.2, -0.15) is 0 Å². The van der Waals surface area contributed by atoms with E-state index in [2.05, 4.69) is 31.3 Å². The molecule has 150 valence electrons. The fourth-order valence-corrected chi connectivity index (χ4v) is 4.47. The van der Waals surface area contributed by atoms with Gasteiger partial charge in [0.1, 0.15) is 0 Å². The molecule has 2 aliphatic rings. The molecule has 0 bridgehead atoms. The summed E-state index contributed by atoms with van der Waals surface area (Å²) in [5.74, 6) is -0.377. The average molecular weight is 410 g/mol. The lowest BCUT2D eigenvalue weighted by Gasteiger charge is -2.25. The summed E-state index contributed by atoms with van der Waals surface area (Å²) in [5, 5.41) is 4.58. The van der Waals surface area contributed by atoms with Crippen LogP contribution < -0.4 is 16.0 Å². The van der Waals surface area contributed by atoms with E-state index in [0.717, 1.165) is 48.3 Å². The first-order valence-corrected chi connectivity index (χ1v) is 10.6. The van der Waals surface area contributed by atoms with Crippen molar-refractivity contribution < 1.29 is 9.59 Å². The molecule has 2 aromatic rings. The highest BCUT2D eigenvalue weighted by molar-refractivity contribution is 7.14. The maximum atomic E-state index is 12.1. The molecule has 2 aromatic heterocycles. The number of carbonyl (C=O) groups is 2. The normalized spacial score (nSPS) is 19.0. The van der Waals surface area contributed by atoms with Gasteiger partial charge in [-0.05, 0) is 36.1 Å². The van der Waals surface area contributed by atoms with Gasteiger partial charge in [-0.1, -0.05) is 13.0 Å². The molecule has 2 aliphatic heterocycles. The first kappa shape index (κ1) is 19.6. The summed E-state index contributed by atoms with van der Waals surface area (Å²) < 4.78 is 0. The first-order chi connectivity index (χ1) is 14.1. The maximum absolute atomic E-state index is 12.1. The Morgan fingerprint density at radius 3 is 2.93 bits per heavy atom. The zero-order valence-corrected chi connectivity index (χ0v) is 17.3. The van der Waals surface area contributed by atoms with E-state index in [1.807, 2.05) is 25.3 Å². The zero-order chi connectivity index (χ0) is 20.4. The number of rotatable bonds is 5. The minimum Gasteiger partial charge on any atom is -0.353 e. The van der Waals surface area contributed by atoms with E-state index >= 15 is 0 Å². The van der Waals surface area contributed by atoms with E-state index in [-0.39, 0.29) is 17.7 Å². The smallest absolute Gasteiger partial charge is 0.280 e. The molecule has 0 radical (unpaired) electrons. The van der Waals surface area contributed by atoms with E-state index in [9.17, 15) is 9.59 Å². The molecule has 0 spiro atoms. The summed E-state index contributed by atoms with van der Waals surface area (Å²) in [5.41, 5.74) is 2.29. The van der Waals surface area contributed by atoms with Gasteiger partial charge in [0.05, 0.1) is 21.5 Å². The van der Waals surface area contributed by atoms with E-state index in [1.165, 1.54) is 16.9 Å². The third kappa shape index (κ3) is 4.18. The van der Waals surface area contributed by atoms with Crippen LogP contribution >= 0.6 is 11.3 Å². The highest BCUT2D eigenvalue weighted by Crippen LogP contribution is 2.27. The van der Waals surface area contributed by atoms with Crippen molar-refractivity contribution in [2.45, 2.75) is 26.3 Å². The third-order valence-electron chi connectivity index (χ3n) is 5.24. The van der Waals surface area contributed by atoms with Gasteiger partial charge in [-0.15, -0.1) is 11.3 Å². The van der Waals surface area contributed by atoms with Gasteiger partial charge >= 0.3 is 0 Å². The summed E-state index contributed by atoms with van der Waals surface area (Å²) in [6.07, 6.45) is 9.44. The lowest BCUT2D eigenvalue weighted by molar-refractivity contribution is -0.120. The van der Waals surface area contributed by atoms with Gasteiger partial charge in [0.15, 0.2) is 5.01 Å².